The van der Waals surface area contributed by atoms with Crippen LogP contribution >= 0.6 is 0 Å². The topological polar surface area (TPSA) is 43.2 Å². The Bertz CT molecular complexity index is 982. The monoisotopic (exact) mass is 380 g/mol. The number of anilines is 1. The summed E-state index contributed by atoms with van der Waals surface area (Å²) < 4.78 is 7.80. The van der Waals surface area contributed by atoms with Gasteiger partial charge in [0.05, 0.1) is 12.6 Å². The van der Waals surface area contributed by atoms with Gasteiger partial charge in [-0.25, -0.2) is 14.6 Å². The maximum atomic E-state index is 5.71. The van der Waals surface area contributed by atoms with Crippen LogP contribution in [0.4, 0.5) is 5.69 Å². The molecule has 2 heterocycles. The third-order valence-electron chi connectivity index (χ3n) is 4.87. The molecule has 0 atom stereocenters. The molecule has 0 bridgehead atoms. The third-order valence-corrected chi connectivity index (χ3v) is 4.87. The quantitative estimate of drug-likeness (QED) is 0.583. The van der Waals surface area contributed by atoms with Crippen LogP contribution in [-0.4, -0.2) is 27.3 Å². The van der Waals surface area contributed by atoms with Crippen molar-refractivity contribution in [2.24, 2.45) is 5.41 Å². The van der Waals surface area contributed by atoms with Crippen molar-refractivity contribution in [2.45, 2.75) is 60.4 Å². The minimum absolute atomic E-state index is 0.152. The summed E-state index contributed by atoms with van der Waals surface area (Å²) in [5, 5.41) is 2.28. The van der Waals surface area contributed by atoms with Gasteiger partial charge >= 0.3 is 0 Å². The zero-order valence-corrected chi connectivity index (χ0v) is 18.4. The van der Waals surface area contributed by atoms with Crippen molar-refractivity contribution in [3.05, 3.63) is 47.9 Å². The third kappa shape index (κ3) is 3.84. The SMILES string of the molecule is COc1ccccc1N(n1cnc2c(C)cc(C)nc21)C(C)(C)CC(C)(C)C. The lowest BCUT2D eigenvalue weighted by Crippen LogP contribution is -2.49. The van der Waals surface area contributed by atoms with Crippen LogP contribution in [0.1, 0.15) is 52.3 Å². The predicted octanol–water partition coefficient (Wildman–Crippen LogP) is 5.54. The molecule has 0 amide bonds. The van der Waals surface area contributed by atoms with Crippen LogP contribution in [0.25, 0.3) is 11.2 Å². The maximum Gasteiger partial charge on any atom is 0.179 e. The number of hydrogen-bond acceptors (Lipinski definition) is 4. The summed E-state index contributed by atoms with van der Waals surface area (Å²) in [6.07, 6.45) is 2.85. The normalized spacial score (nSPS) is 12.4. The van der Waals surface area contributed by atoms with Gasteiger partial charge in [-0.2, -0.15) is 0 Å². The van der Waals surface area contributed by atoms with Gasteiger partial charge in [-0.1, -0.05) is 32.9 Å². The highest BCUT2D eigenvalue weighted by molar-refractivity contribution is 5.76. The summed E-state index contributed by atoms with van der Waals surface area (Å²) in [4.78, 5) is 9.52. The van der Waals surface area contributed by atoms with Gasteiger partial charge in [0, 0.05) is 5.69 Å². The van der Waals surface area contributed by atoms with Crippen molar-refractivity contribution >= 4 is 16.9 Å². The van der Waals surface area contributed by atoms with E-state index in [9.17, 15) is 0 Å². The molecular weight excluding hydrogens is 348 g/mol. The number of pyridine rings is 1. The Morgan fingerprint density at radius 2 is 1.75 bits per heavy atom. The molecule has 0 radical (unpaired) electrons. The number of aromatic nitrogens is 3. The number of aryl methyl sites for hydroxylation is 2. The number of rotatable bonds is 5. The lowest BCUT2D eigenvalue weighted by atomic mass is 9.81. The van der Waals surface area contributed by atoms with Crippen LogP contribution in [0, 0.1) is 19.3 Å². The maximum absolute atomic E-state index is 5.71. The van der Waals surface area contributed by atoms with Crippen molar-refractivity contribution in [1.82, 2.24) is 14.6 Å². The molecule has 0 spiro atoms. The number of nitrogens with zero attached hydrogens (tertiary/aromatic N) is 4. The molecule has 0 N–H and O–H groups in total. The number of para-hydroxylation sites is 2. The Morgan fingerprint density at radius 3 is 2.39 bits per heavy atom. The van der Waals surface area contributed by atoms with Crippen LogP contribution in [0.3, 0.4) is 0 Å². The van der Waals surface area contributed by atoms with Crippen LogP contribution < -0.4 is 9.75 Å². The molecule has 28 heavy (non-hydrogen) atoms. The van der Waals surface area contributed by atoms with E-state index in [4.69, 9.17) is 9.72 Å². The molecule has 0 aliphatic heterocycles. The molecule has 0 saturated heterocycles. The van der Waals surface area contributed by atoms with Crippen LogP contribution in [-0.2, 0) is 0 Å². The Hall–Kier alpha value is -2.56. The fraction of sp³-hybridized carbons (Fsp3) is 0.478. The van der Waals surface area contributed by atoms with Crippen LogP contribution in [0.15, 0.2) is 36.7 Å². The molecule has 0 aliphatic carbocycles. The van der Waals surface area contributed by atoms with E-state index in [0.29, 0.717) is 0 Å². The summed E-state index contributed by atoms with van der Waals surface area (Å²) in [7, 11) is 1.71. The summed E-state index contributed by atoms with van der Waals surface area (Å²) in [5.41, 5.74) is 4.86. The standard InChI is InChI=1S/C23H32N4O/c1-16-13-17(2)25-21-20(16)24-15-26(21)27(23(6,7)14-22(3,4)5)18-11-9-10-12-19(18)28-8/h9-13,15H,14H2,1-8H3. The smallest absolute Gasteiger partial charge is 0.179 e. The number of hydrogen-bond donors (Lipinski definition) is 0. The van der Waals surface area contributed by atoms with Crippen molar-refractivity contribution in [3.63, 3.8) is 0 Å². The van der Waals surface area contributed by atoms with E-state index in [1.807, 2.05) is 31.5 Å². The molecule has 0 aliphatic rings. The molecule has 3 aromatic rings. The van der Waals surface area contributed by atoms with Gasteiger partial charge in [0.2, 0.25) is 0 Å². The first-order valence-corrected chi connectivity index (χ1v) is 9.78. The molecule has 1 aromatic carbocycles. The van der Waals surface area contributed by atoms with Crippen molar-refractivity contribution in [2.75, 3.05) is 12.1 Å². The average Bonchev–Trinajstić information content (AvgIpc) is 2.97. The van der Waals surface area contributed by atoms with Gasteiger partial charge in [0.15, 0.2) is 5.65 Å². The first kappa shape index (κ1) is 20.2. The number of imidazole rings is 1. The second kappa shape index (κ2) is 7.12. The molecule has 0 saturated carbocycles. The molecule has 0 unspecified atom stereocenters. The summed E-state index contributed by atoms with van der Waals surface area (Å²) in [6, 6.07) is 10.2. The predicted molar refractivity (Wildman–Crippen MR) is 116 cm³/mol. The Morgan fingerprint density at radius 1 is 1.07 bits per heavy atom. The van der Waals surface area contributed by atoms with Crippen LogP contribution in [0.5, 0.6) is 5.75 Å². The molecule has 2 aromatic heterocycles. The fourth-order valence-electron chi connectivity index (χ4n) is 4.35. The van der Waals surface area contributed by atoms with E-state index in [0.717, 1.165) is 40.3 Å². The van der Waals surface area contributed by atoms with E-state index >= 15 is 0 Å². The van der Waals surface area contributed by atoms with Crippen LogP contribution in [0.2, 0.25) is 0 Å². The molecule has 5 heteroatoms. The summed E-state index contributed by atoms with van der Waals surface area (Å²) >= 11 is 0. The lowest BCUT2D eigenvalue weighted by Gasteiger charge is -2.44. The van der Waals surface area contributed by atoms with Gasteiger partial charge < -0.3 is 4.74 Å². The average molecular weight is 381 g/mol. The van der Waals surface area contributed by atoms with E-state index in [1.54, 1.807) is 7.11 Å². The highest BCUT2D eigenvalue weighted by Crippen LogP contribution is 2.39. The van der Waals surface area contributed by atoms with E-state index in [-0.39, 0.29) is 11.0 Å². The summed E-state index contributed by atoms with van der Waals surface area (Å²) in [5.74, 6) is 0.829. The second-order valence-electron chi connectivity index (χ2n) is 9.38. The van der Waals surface area contributed by atoms with E-state index < -0.39 is 0 Å². The lowest BCUT2D eigenvalue weighted by molar-refractivity contribution is 0.260. The number of ether oxygens (including phenoxy) is 1. The van der Waals surface area contributed by atoms with Gasteiger partial charge in [0.25, 0.3) is 0 Å². The molecular formula is C23H32N4O. The molecule has 5 nitrogen and oxygen atoms in total. The van der Waals surface area contributed by atoms with Crippen molar-refractivity contribution < 1.29 is 4.74 Å². The highest BCUT2D eigenvalue weighted by atomic mass is 16.5. The van der Waals surface area contributed by atoms with Gasteiger partial charge in [-0.05, 0) is 63.3 Å². The fourth-order valence-corrected chi connectivity index (χ4v) is 4.35. The van der Waals surface area contributed by atoms with Crippen molar-refractivity contribution in [1.29, 1.82) is 0 Å². The van der Waals surface area contributed by atoms with E-state index in [2.05, 4.69) is 68.3 Å². The highest BCUT2D eigenvalue weighted by Gasteiger charge is 2.35. The van der Waals surface area contributed by atoms with E-state index in [1.165, 1.54) is 0 Å². The molecule has 3 rings (SSSR count). The van der Waals surface area contributed by atoms with Gasteiger partial charge in [-0.15, -0.1) is 0 Å². The Kier molecular flexibility index (Phi) is 5.13. The minimum atomic E-state index is -0.208. The number of methoxy groups -OCH3 is 1. The second-order valence-corrected chi connectivity index (χ2v) is 9.38. The zero-order valence-electron chi connectivity index (χ0n) is 18.4. The first-order chi connectivity index (χ1) is 13.0. The van der Waals surface area contributed by atoms with Gasteiger partial charge in [-0.3, -0.25) is 5.01 Å². The zero-order chi connectivity index (χ0) is 20.7. The molecule has 150 valence electrons. The molecule has 0 fully saturated rings. The summed E-state index contributed by atoms with van der Waals surface area (Å²) in [6.45, 7) is 15.5. The largest absolute Gasteiger partial charge is 0.495 e. The van der Waals surface area contributed by atoms with Crippen molar-refractivity contribution in [3.8, 4) is 5.75 Å². The Labute approximate surface area is 168 Å². The minimum Gasteiger partial charge on any atom is -0.495 e. The first-order valence-electron chi connectivity index (χ1n) is 9.78. The van der Waals surface area contributed by atoms with Gasteiger partial charge in [0.1, 0.15) is 23.3 Å². The Balaban J connectivity index is 2.29. The number of benzene rings is 1. The number of fused-ring (bicyclic) bond motifs is 1.